The van der Waals surface area contributed by atoms with Crippen LogP contribution >= 0.6 is 0 Å². The molecule has 0 saturated carbocycles. The minimum atomic E-state index is -0.190. The number of fused-ring (bicyclic) bond motifs is 1. The average molecular weight is 206 g/mol. The Kier molecular flexibility index (Phi) is 2.36. The van der Waals surface area contributed by atoms with Crippen molar-refractivity contribution >= 4 is 11.6 Å². The lowest BCUT2D eigenvalue weighted by molar-refractivity contribution is -0.120. The highest BCUT2D eigenvalue weighted by atomic mass is 16.3. The van der Waals surface area contributed by atoms with Gasteiger partial charge < -0.3 is 15.3 Å². The van der Waals surface area contributed by atoms with Crippen molar-refractivity contribution in [1.29, 1.82) is 0 Å². The van der Waals surface area contributed by atoms with Gasteiger partial charge in [0.1, 0.15) is 5.75 Å². The molecule has 1 atom stereocenters. The summed E-state index contributed by atoms with van der Waals surface area (Å²) in [6, 6.07) is 4.89. The summed E-state index contributed by atoms with van der Waals surface area (Å²) < 4.78 is 0. The van der Waals surface area contributed by atoms with Crippen LogP contribution in [0.3, 0.4) is 0 Å². The zero-order valence-corrected chi connectivity index (χ0v) is 8.82. The number of nitrogens with one attached hydrogen (secondary N) is 1. The van der Waals surface area contributed by atoms with Crippen LogP contribution in [0, 0.1) is 0 Å². The van der Waals surface area contributed by atoms with Gasteiger partial charge in [-0.3, -0.25) is 4.79 Å². The first-order valence-electron chi connectivity index (χ1n) is 4.90. The van der Waals surface area contributed by atoms with E-state index >= 15 is 0 Å². The van der Waals surface area contributed by atoms with Crippen LogP contribution in [0.2, 0.25) is 0 Å². The lowest BCUT2D eigenvalue weighted by atomic mass is 9.97. The molecule has 1 aromatic rings. The third-order valence-electron chi connectivity index (χ3n) is 2.83. The first-order chi connectivity index (χ1) is 7.13. The molecule has 15 heavy (non-hydrogen) atoms. The van der Waals surface area contributed by atoms with Crippen molar-refractivity contribution in [3.8, 4) is 5.75 Å². The van der Waals surface area contributed by atoms with Crippen LogP contribution < -0.4 is 10.2 Å². The molecule has 2 rings (SSSR count). The number of phenols is 1. The Hall–Kier alpha value is -1.55. The van der Waals surface area contributed by atoms with Crippen LogP contribution in [0.5, 0.6) is 5.75 Å². The van der Waals surface area contributed by atoms with E-state index in [0.29, 0.717) is 6.42 Å². The molecule has 0 aliphatic carbocycles. The van der Waals surface area contributed by atoms with Crippen LogP contribution in [-0.2, 0) is 11.2 Å². The van der Waals surface area contributed by atoms with E-state index < -0.39 is 0 Å². The molecule has 0 aromatic heterocycles. The third kappa shape index (κ3) is 1.57. The van der Waals surface area contributed by atoms with E-state index in [4.69, 9.17) is 0 Å². The number of hydrogen-bond acceptors (Lipinski definition) is 3. The molecule has 0 fully saturated rings. The number of amides is 1. The van der Waals surface area contributed by atoms with Crippen molar-refractivity contribution in [2.45, 2.75) is 12.5 Å². The van der Waals surface area contributed by atoms with Gasteiger partial charge in [-0.1, -0.05) is 0 Å². The largest absolute Gasteiger partial charge is 0.508 e. The molecule has 0 spiro atoms. The van der Waals surface area contributed by atoms with Gasteiger partial charge in [0.2, 0.25) is 5.91 Å². The predicted octanol–water partition coefficient (Wildman–Crippen LogP) is 0.499. The first kappa shape index (κ1) is 9.98. The van der Waals surface area contributed by atoms with Gasteiger partial charge in [-0.15, -0.1) is 0 Å². The summed E-state index contributed by atoms with van der Waals surface area (Å²) >= 11 is 0. The van der Waals surface area contributed by atoms with Gasteiger partial charge in [0.05, 0.1) is 6.04 Å². The van der Waals surface area contributed by atoms with Gasteiger partial charge in [-0.2, -0.15) is 0 Å². The number of anilines is 1. The second-order valence-corrected chi connectivity index (χ2v) is 3.76. The van der Waals surface area contributed by atoms with Gasteiger partial charge in [-0.05, 0) is 37.2 Å². The summed E-state index contributed by atoms with van der Waals surface area (Å²) in [6.45, 7) is 0. The van der Waals surface area contributed by atoms with Crippen molar-refractivity contribution in [3.05, 3.63) is 23.8 Å². The highest BCUT2D eigenvalue weighted by molar-refractivity contribution is 5.99. The monoisotopic (exact) mass is 206 g/mol. The number of nitrogens with zero attached hydrogens (tertiary/aromatic N) is 1. The molecule has 1 unspecified atom stereocenters. The van der Waals surface area contributed by atoms with Crippen molar-refractivity contribution in [1.82, 2.24) is 5.32 Å². The van der Waals surface area contributed by atoms with Crippen LogP contribution in [-0.4, -0.2) is 31.2 Å². The Morgan fingerprint density at radius 2 is 2.27 bits per heavy atom. The van der Waals surface area contributed by atoms with Gasteiger partial charge in [-0.25, -0.2) is 0 Å². The molecular formula is C11H14N2O2. The summed E-state index contributed by atoms with van der Waals surface area (Å²) in [7, 11) is 3.52. The number of likely N-dealkylation sites (N-methyl/N-ethyl adjacent to an activating group) is 2. The Morgan fingerprint density at radius 3 is 2.93 bits per heavy atom. The topological polar surface area (TPSA) is 52.6 Å². The predicted molar refractivity (Wildman–Crippen MR) is 58.1 cm³/mol. The zero-order chi connectivity index (χ0) is 11.0. The van der Waals surface area contributed by atoms with Gasteiger partial charge >= 0.3 is 0 Å². The summed E-state index contributed by atoms with van der Waals surface area (Å²) in [5, 5.41) is 12.3. The van der Waals surface area contributed by atoms with Crippen LogP contribution in [0.4, 0.5) is 5.69 Å². The second-order valence-electron chi connectivity index (χ2n) is 3.76. The molecule has 1 heterocycles. The third-order valence-corrected chi connectivity index (χ3v) is 2.83. The Morgan fingerprint density at radius 1 is 1.53 bits per heavy atom. The lowest BCUT2D eigenvalue weighted by Crippen LogP contribution is -2.48. The van der Waals surface area contributed by atoms with Crippen LogP contribution in [0.25, 0.3) is 0 Å². The van der Waals surface area contributed by atoms with E-state index in [1.807, 2.05) is 0 Å². The number of benzene rings is 1. The molecule has 0 radical (unpaired) electrons. The summed E-state index contributed by atoms with van der Waals surface area (Å²) in [6.07, 6.45) is 0.628. The molecule has 1 aliphatic rings. The summed E-state index contributed by atoms with van der Waals surface area (Å²) in [4.78, 5) is 13.4. The van der Waals surface area contributed by atoms with E-state index in [2.05, 4.69) is 5.32 Å². The molecule has 80 valence electrons. The fourth-order valence-corrected chi connectivity index (χ4v) is 1.95. The maximum atomic E-state index is 11.8. The molecule has 1 aliphatic heterocycles. The summed E-state index contributed by atoms with van der Waals surface area (Å²) in [5.41, 5.74) is 1.88. The van der Waals surface area contributed by atoms with E-state index in [-0.39, 0.29) is 17.7 Å². The smallest absolute Gasteiger partial charge is 0.244 e. The Balaban J connectivity index is 2.45. The number of phenolic OH excluding ortho intramolecular Hbond substituents is 1. The molecule has 1 aromatic carbocycles. The maximum absolute atomic E-state index is 11.8. The average Bonchev–Trinajstić information content (AvgIpc) is 2.23. The van der Waals surface area contributed by atoms with Gasteiger partial charge in [0.15, 0.2) is 0 Å². The number of carbonyl (C=O) groups is 1. The van der Waals surface area contributed by atoms with Crippen molar-refractivity contribution in [2.75, 3.05) is 19.0 Å². The molecule has 0 saturated heterocycles. The van der Waals surface area contributed by atoms with Crippen molar-refractivity contribution in [3.63, 3.8) is 0 Å². The lowest BCUT2D eigenvalue weighted by Gasteiger charge is -2.31. The van der Waals surface area contributed by atoms with Crippen molar-refractivity contribution in [2.24, 2.45) is 0 Å². The van der Waals surface area contributed by atoms with Crippen molar-refractivity contribution < 1.29 is 9.90 Å². The fraction of sp³-hybridized carbons (Fsp3) is 0.364. The van der Waals surface area contributed by atoms with Crippen LogP contribution in [0.1, 0.15) is 5.56 Å². The minimum Gasteiger partial charge on any atom is -0.508 e. The fourth-order valence-electron chi connectivity index (χ4n) is 1.95. The Labute approximate surface area is 88.5 Å². The van der Waals surface area contributed by atoms with E-state index in [1.165, 1.54) is 0 Å². The Bertz CT molecular complexity index is 404. The molecule has 2 N–H and O–H groups in total. The molecule has 1 amide bonds. The number of carbonyl (C=O) groups excluding carboxylic acids is 1. The second kappa shape index (κ2) is 3.55. The molecule has 0 bridgehead atoms. The first-order valence-corrected chi connectivity index (χ1v) is 4.90. The standard InChI is InChI=1S/C11H14N2O2/c1-12-9-6-7-5-8(14)3-4-10(7)13(2)11(9)15/h3-5,9,12,14H,6H2,1-2H3. The normalized spacial score (nSPS) is 20.3. The van der Waals surface area contributed by atoms with E-state index in [0.717, 1.165) is 11.3 Å². The molecule has 4 heteroatoms. The maximum Gasteiger partial charge on any atom is 0.244 e. The van der Waals surface area contributed by atoms with E-state index in [9.17, 15) is 9.90 Å². The molecular weight excluding hydrogens is 192 g/mol. The van der Waals surface area contributed by atoms with E-state index in [1.54, 1.807) is 37.2 Å². The van der Waals surface area contributed by atoms with Gasteiger partial charge in [0, 0.05) is 12.7 Å². The number of hydrogen-bond donors (Lipinski definition) is 2. The quantitative estimate of drug-likeness (QED) is 0.703. The zero-order valence-electron chi connectivity index (χ0n) is 8.82. The summed E-state index contributed by atoms with van der Waals surface area (Å²) in [5.74, 6) is 0.307. The number of aromatic hydroxyl groups is 1. The number of rotatable bonds is 1. The molecule has 4 nitrogen and oxygen atoms in total. The SMILES string of the molecule is CNC1Cc2cc(O)ccc2N(C)C1=O. The van der Waals surface area contributed by atoms with Gasteiger partial charge in [0.25, 0.3) is 0 Å². The highest BCUT2D eigenvalue weighted by Gasteiger charge is 2.29. The highest BCUT2D eigenvalue weighted by Crippen LogP contribution is 2.29. The van der Waals surface area contributed by atoms with Crippen LogP contribution in [0.15, 0.2) is 18.2 Å². The minimum absolute atomic E-state index is 0.0655.